The number of fused-ring (bicyclic) bond motifs is 1. The summed E-state index contributed by atoms with van der Waals surface area (Å²) in [5, 5.41) is 2.24. The predicted octanol–water partition coefficient (Wildman–Crippen LogP) is 3.53. The Bertz CT molecular complexity index is 791. The van der Waals surface area contributed by atoms with E-state index in [9.17, 15) is 0 Å². The van der Waals surface area contributed by atoms with Gasteiger partial charge in [-0.25, -0.2) is 9.97 Å². The van der Waals surface area contributed by atoms with Gasteiger partial charge >= 0.3 is 0 Å². The lowest BCUT2D eigenvalue weighted by atomic mass is 10.0. The van der Waals surface area contributed by atoms with Crippen molar-refractivity contribution in [2.75, 3.05) is 5.73 Å². The first-order chi connectivity index (χ1) is 10.2. The molecule has 0 fully saturated rings. The highest BCUT2D eigenvalue weighted by molar-refractivity contribution is 5.96. The number of nitrogen functional groups attached to an aromatic ring is 1. The molecule has 0 aliphatic heterocycles. The van der Waals surface area contributed by atoms with Gasteiger partial charge in [-0.1, -0.05) is 25.1 Å². The molecule has 0 radical (unpaired) electrons. The maximum absolute atomic E-state index is 6.07. The molecule has 0 saturated heterocycles. The Morgan fingerprint density at radius 1 is 1.14 bits per heavy atom. The highest BCUT2D eigenvalue weighted by Crippen LogP contribution is 2.30. The molecule has 0 saturated carbocycles. The van der Waals surface area contributed by atoms with Crippen LogP contribution in [0.3, 0.4) is 0 Å². The van der Waals surface area contributed by atoms with Gasteiger partial charge in [-0.2, -0.15) is 0 Å². The Morgan fingerprint density at radius 3 is 2.81 bits per heavy atom. The van der Waals surface area contributed by atoms with E-state index < -0.39 is 0 Å². The minimum atomic E-state index is 0.560. The van der Waals surface area contributed by atoms with E-state index in [2.05, 4.69) is 29.0 Å². The van der Waals surface area contributed by atoms with Gasteiger partial charge < -0.3 is 5.73 Å². The number of hydrogen-bond donors (Lipinski definition) is 1. The van der Waals surface area contributed by atoms with Crippen LogP contribution in [-0.2, 0) is 6.42 Å². The summed E-state index contributed by atoms with van der Waals surface area (Å²) >= 11 is 0. The summed E-state index contributed by atoms with van der Waals surface area (Å²) in [5.74, 6) is 1.36. The largest absolute Gasteiger partial charge is 0.383 e. The molecule has 0 bridgehead atoms. The molecular weight excluding hydrogens is 260 g/mol. The first kappa shape index (κ1) is 13.5. The standard InChI is InChI=1S/C17H18N4/c1-3-5-15-20-16(11(2)17(18)21-15)13-7-4-6-12-8-9-19-10-14(12)13/h4,6-10H,3,5H2,1-2H3,(H2,18,20,21). The number of aryl methyl sites for hydroxylation is 1. The molecule has 4 nitrogen and oxygen atoms in total. The third-order valence-electron chi connectivity index (χ3n) is 3.64. The maximum Gasteiger partial charge on any atom is 0.131 e. The van der Waals surface area contributed by atoms with Crippen molar-refractivity contribution < 1.29 is 0 Å². The van der Waals surface area contributed by atoms with Gasteiger partial charge in [0.2, 0.25) is 0 Å². The number of pyridine rings is 1. The summed E-state index contributed by atoms with van der Waals surface area (Å²) in [6.07, 6.45) is 5.51. The number of anilines is 1. The summed E-state index contributed by atoms with van der Waals surface area (Å²) in [6, 6.07) is 8.18. The van der Waals surface area contributed by atoms with Crippen LogP contribution in [0, 0.1) is 6.92 Å². The molecule has 106 valence electrons. The monoisotopic (exact) mass is 278 g/mol. The van der Waals surface area contributed by atoms with Crippen LogP contribution >= 0.6 is 0 Å². The van der Waals surface area contributed by atoms with E-state index in [0.29, 0.717) is 5.82 Å². The van der Waals surface area contributed by atoms with E-state index in [4.69, 9.17) is 10.7 Å². The second-order valence-corrected chi connectivity index (χ2v) is 5.15. The summed E-state index contributed by atoms with van der Waals surface area (Å²) in [5.41, 5.74) is 8.96. The molecule has 0 spiro atoms. The van der Waals surface area contributed by atoms with Gasteiger partial charge in [0.15, 0.2) is 0 Å². The molecule has 2 aromatic heterocycles. The lowest BCUT2D eigenvalue weighted by molar-refractivity contribution is 0.836. The van der Waals surface area contributed by atoms with Crippen LogP contribution in [0.2, 0.25) is 0 Å². The average Bonchev–Trinajstić information content (AvgIpc) is 2.50. The van der Waals surface area contributed by atoms with Crippen LogP contribution in [0.5, 0.6) is 0 Å². The molecule has 0 aliphatic rings. The van der Waals surface area contributed by atoms with Crippen molar-refractivity contribution in [1.82, 2.24) is 15.0 Å². The van der Waals surface area contributed by atoms with Gasteiger partial charge in [0.1, 0.15) is 11.6 Å². The third kappa shape index (κ3) is 2.44. The van der Waals surface area contributed by atoms with E-state index in [1.165, 1.54) is 0 Å². The van der Waals surface area contributed by atoms with Crippen molar-refractivity contribution >= 4 is 16.6 Å². The number of rotatable bonds is 3. The summed E-state index contributed by atoms with van der Waals surface area (Å²) < 4.78 is 0. The fourth-order valence-corrected chi connectivity index (χ4v) is 2.50. The lowest BCUT2D eigenvalue weighted by Gasteiger charge is -2.12. The Balaban J connectivity index is 2.27. The molecule has 21 heavy (non-hydrogen) atoms. The minimum Gasteiger partial charge on any atom is -0.383 e. The molecule has 2 heterocycles. The SMILES string of the molecule is CCCc1nc(N)c(C)c(-c2cccc3ccncc23)n1. The number of aromatic nitrogens is 3. The highest BCUT2D eigenvalue weighted by atomic mass is 15.0. The van der Waals surface area contributed by atoms with Crippen LogP contribution in [0.25, 0.3) is 22.0 Å². The normalized spacial score (nSPS) is 11.0. The average molecular weight is 278 g/mol. The maximum atomic E-state index is 6.07. The van der Waals surface area contributed by atoms with Gasteiger partial charge in [0.05, 0.1) is 5.69 Å². The third-order valence-corrected chi connectivity index (χ3v) is 3.64. The van der Waals surface area contributed by atoms with Crippen molar-refractivity contribution in [3.05, 3.63) is 48.0 Å². The zero-order valence-corrected chi connectivity index (χ0v) is 12.3. The lowest BCUT2D eigenvalue weighted by Crippen LogP contribution is -2.05. The Morgan fingerprint density at radius 2 is 2.00 bits per heavy atom. The van der Waals surface area contributed by atoms with Gasteiger partial charge in [0, 0.05) is 35.3 Å². The predicted molar refractivity (Wildman–Crippen MR) is 85.9 cm³/mol. The van der Waals surface area contributed by atoms with Crippen molar-refractivity contribution in [1.29, 1.82) is 0 Å². The highest BCUT2D eigenvalue weighted by Gasteiger charge is 2.13. The van der Waals surface area contributed by atoms with Crippen molar-refractivity contribution in [3.8, 4) is 11.3 Å². The molecule has 3 rings (SSSR count). The van der Waals surface area contributed by atoms with Crippen molar-refractivity contribution in [3.63, 3.8) is 0 Å². The summed E-state index contributed by atoms with van der Waals surface area (Å²) in [7, 11) is 0. The van der Waals surface area contributed by atoms with Gasteiger partial charge in [-0.05, 0) is 24.8 Å². The zero-order valence-electron chi connectivity index (χ0n) is 12.3. The Labute approximate surface area is 124 Å². The molecular formula is C17H18N4. The Hall–Kier alpha value is -2.49. The van der Waals surface area contributed by atoms with Crippen LogP contribution in [0.15, 0.2) is 36.7 Å². The topological polar surface area (TPSA) is 64.7 Å². The van der Waals surface area contributed by atoms with E-state index in [-0.39, 0.29) is 0 Å². The van der Waals surface area contributed by atoms with E-state index >= 15 is 0 Å². The van der Waals surface area contributed by atoms with Crippen LogP contribution in [0.1, 0.15) is 24.7 Å². The van der Waals surface area contributed by atoms with Gasteiger partial charge in [-0.3, -0.25) is 4.98 Å². The molecule has 4 heteroatoms. The fraction of sp³-hybridized carbons (Fsp3) is 0.235. The quantitative estimate of drug-likeness (QED) is 0.796. The first-order valence-corrected chi connectivity index (χ1v) is 7.16. The van der Waals surface area contributed by atoms with Crippen molar-refractivity contribution in [2.45, 2.75) is 26.7 Å². The number of hydrogen-bond acceptors (Lipinski definition) is 4. The molecule has 0 unspecified atom stereocenters. The molecule has 0 atom stereocenters. The second-order valence-electron chi connectivity index (χ2n) is 5.15. The summed E-state index contributed by atoms with van der Waals surface area (Å²) in [4.78, 5) is 13.3. The molecule has 2 N–H and O–H groups in total. The fourth-order valence-electron chi connectivity index (χ4n) is 2.50. The summed E-state index contributed by atoms with van der Waals surface area (Å²) in [6.45, 7) is 4.08. The number of nitrogens with two attached hydrogens (primary N) is 1. The molecule has 1 aromatic carbocycles. The molecule has 0 aliphatic carbocycles. The number of benzene rings is 1. The first-order valence-electron chi connectivity index (χ1n) is 7.16. The Kier molecular flexibility index (Phi) is 3.52. The van der Waals surface area contributed by atoms with Crippen molar-refractivity contribution in [2.24, 2.45) is 0 Å². The van der Waals surface area contributed by atoms with Gasteiger partial charge in [0.25, 0.3) is 0 Å². The zero-order chi connectivity index (χ0) is 14.8. The molecule has 3 aromatic rings. The van der Waals surface area contributed by atoms with E-state index in [0.717, 1.165) is 46.3 Å². The smallest absolute Gasteiger partial charge is 0.131 e. The second kappa shape index (κ2) is 5.48. The van der Waals surface area contributed by atoms with E-state index in [1.54, 1.807) is 6.20 Å². The number of nitrogens with zero attached hydrogens (tertiary/aromatic N) is 3. The minimum absolute atomic E-state index is 0.560. The molecule has 0 amide bonds. The van der Waals surface area contributed by atoms with Crippen LogP contribution < -0.4 is 5.73 Å². The van der Waals surface area contributed by atoms with E-state index in [1.807, 2.05) is 25.3 Å². The van der Waals surface area contributed by atoms with Crippen LogP contribution in [-0.4, -0.2) is 15.0 Å². The van der Waals surface area contributed by atoms with Gasteiger partial charge in [-0.15, -0.1) is 0 Å². The van der Waals surface area contributed by atoms with Crippen LogP contribution in [0.4, 0.5) is 5.82 Å².